The van der Waals surface area contributed by atoms with Gasteiger partial charge in [0.15, 0.2) is 0 Å². The van der Waals surface area contributed by atoms with Crippen LogP contribution in [-0.4, -0.2) is 16.5 Å². The average Bonchev–Trinajstić information content (AvgIpc) is 2.19. The van der Waals surface area contributed by atoms with Gasteiger partial charge in [0.25, 0.3) is 0 Å². The maximum atomic E-state index is 4.20. The van der Waals surface area contributed by atoms with E-state index < -0.39 is 0 Å². The van der Waals surface area contributed by atoms with Crippen molar-refractivity contribution in [3.63, 3.8) is 0 Å². The van der Waals surface area contributed by atoms with Crippen molar-refractivity contribution in [2.75, 3.05) is 6.54 Å². The molecule has 1 rings (SSSR count). The lowest BCUT2D eigenvalue weighted by atomic mass is 9.98. The van der Waals surface area contributed by atoms with Crippen LogP contribution in [0.3, 0.4) is 0 Å². The van der Waals surface area contributed by atoms with Crippen LogP contribution in [0.25, 0.3) is 0 Å². The van der Waals surface area contributed by atoms with Gasteiger partial charge in [0.05, 0.1) is 5.69 Å². The Bertz CT molecular complexity index is 246. The van der Waals surface area contributed by atoms with Gasteiger partial charge >= 0.3 is 0 Å². The first-order chi connectivity index (χ1) is 6.70. The monoisotopic (exact) mass is 193 g/mol. The lowest BCUT2D eigenvalue weighted by Gasteiger charge is -2.15. The summed E-state index contributed by atoms with van der Waals surface area (Å²) in [6, 6.07) is 0. The van der Waals surface area contributed by atoms with Crippen LogP contribution >= 0.6 is 0 Å². The van der Waals surface area contributed by atoms with E-state index in [2.05, 4.69) is 36.1 Å². The first-order valence-corrected chi connectivity index (χ1v) is 5.15. The van der Waals surface area contributed by atoms with Crippen LogP contribution in [0.1, 0.15) is 26.5 Å². The van der Waals surface area contributed by atoms with Crippen molar-refractivity contribution in [3.05, 3.63) is 24.3 Å². The van der Waals surface area contributed by atoms with Gasteiger partial charge in [-0.25, -0.2) is 0 Å². The molecule has 0 aliphatic rings. The highest BCUT2D eigenvalue weighted by molar-refractivity contribution is 4.93. The second-order valence-corrected chi connectivity index (χ2v) is 4.05. The molecule has 0 radical (unpaired) electrons. The Morgan fingerprint density at radius 2 is 2.07 bits per heavy atom. The summed E-state index contributed by atoms with van der Waals surface area (Å²) in [5.74, 6) is 1.43. The molecule has 3 heteroatoms. The normalized spacial score (nSPS) is 13.1. The summed E-state index contributed by atoms with van der Waals surface area (Å²) in [7, 11) is 0. The molecule has 0 amide bonds. The summed E-state index contributed by atoms with van der Waals surface area (Å²) < 4.78 is 0. The van der Waals surface area contributed by atoms with Crippen molar-refractivity contribution in [2.24, 2.45) is 11.8 Å². The van der Waals surface area contributed by atoms with Crippen LogP contribution in [0.4, 0.5) is 0 Å². The van der Waals surface area contributed by atoms with Crippen molar-refractivity contribution < 1.29 is 0 Å². The summed E-state index contributed by atoms with van der Waals surface area (Å²) in [6.45, 7) is 8.59. The Morgan fingerprint density at radius 1 is 1.29 bits per heavy atom. The number of rotatable bonds is 5. The predicted molar refractivity (Wildman–Crippen MR) is 57.7 cm³/mol. The van der Waals surface area contributed by atoms with E-state index in [4.69, 9.17) is 0 Å². The molecule has 1 heterocycles. The third-order valence-corrected chi connectivity index (χ3v) is 2.53. The Morgan fingerprint density at radius 3 is 2.64 bits per heavy atom. The number of aromatic nitrogens is 2. The molecule has 0 fully saturated rings. The van der Waals surface area contributed by atoms with Crippen LogP contribution < -0.4 is 5.32 Å². The largest absolute Gasteiger partial charge is 0.311 e. The predicted octanol–water partition coefficient (Wildman–Crippen LogP) is 1.86. The van der Waals surface area contributed by atoms with E-state index in [9.17, 15) is 0 Å². The van der Waals surface area contributed by atoms with E-state index in [0.29, 0.717) is 5.92 Å². The maximum Gasteiger partial charge on any atom is 0.0724 e. The lowest BCUT2D eigenvalue weighted by Crippen LogP contribution is -2.24. The maximum absolute atomic E-state index is 4.20. The third kappa shape index (κ3) is 3.83. The van der Waals surface area contributed by atoms with Crippen molar-refractivity contribution in [3.8, 4) is 0 Å². The molecule has 78 valence electrons. The average molecular weight is 193 g/mol. The standard InChI is InChI=1S/C11H19N3/c1-9(2)10(3)6-13-8-11-7-12-4-5-14-11/h4-5,7,9-10,13H,6,8H2,1-3H3. The first-order valence-electron chi connectivity index (χ1n) is 5.15. The molecule has 0 saturated heterocycles. The fraction of sp³-hybridized carbons (Fsp3) is 0.636. The highest BCUT2D eigenvalue weighted by Gasteiger charge is 2.05. The van der Waals surface area contributed by atoms with Crippen LogP contribution in [0.15, 0.2) is 18.6 Å². The highest BCUT2D eigenvalue weighted by atomic mass is 14.9. The molecule has 1 unspecified atom stereocenters. The number of nitrogens with one attached hydrogen (secondary N) is 1. The zero-order chi connectivity index (χ0) is 10.4. The van der Waals surface area contributed by atoms with Crippen molar-refractivity contribution in [1.82, 2.24) is 15.3 Å². The molecule has 1 atom stereocenters. The molecular weight excluding hydrogens is 174 g/mol. The second kappa shape index (κ2) is 5.70. The number of nitrogens with zero attached hydrogens (tertiary/aromatic N) is 2. The zero-order valence-electron chi connectivity index (χ0n) is 9.20. The lowest BCUT2D eigenvalue weighted by molar-refractivity contribution is 0.391. The van der Waals surface area contributed by atoms with Crippen LogP contribution in [0.2, 0.25) is 0 Å². The van der Waals surface area contributed by atoms with E-state index in [1.807, 2.05) is 0 Å². The van der Waals surface area contributed by atoms with Gasteiger partial charge in [-0.15, -0.1) is 0 Å². The van der Waals surface area contributed by atoms with Crippen LogP contribution in [0, 0.1) is 11.8 Å². The zero-order valence-corrected chi connectivity index (χ0v) is 9.20. The highest BCUT2D eigenvalue weighted by Crippen LogP contribution is 2.07. The minimum absolute atomic E-state index is 0.701. The van der Waals surface area contributed by atoms with Gasteiger partial charge in [0.2, 0.25) is 0 Å². The molecule has 1 aromatic rings. The Kier molecular flexibility index (Phi) is 4.53. The van der Waals surface area contributed by atoms with Gasteiger partial charge in [-0.1, -0.05) is 20.8 Å². The third-order valence-electron chi connectivity index (χ3n) is 2.53. The minimum Gasteiger partial charge on any atom is -0.311 e. The fourth-order valence-electron chi connectivity index (χ4n) is 1.08. The molecule has 1 aromatic heterocycles. The summed E-state index contributed by atoms with van der Waals surface area (Å²) in [5, 5.41) is 3.38. The van der Waals surface area contributed by atoms with Crippen molar-refractivity contribution >= 4 is 0 Å². The van der Waals surface area contributed by atoms with Crippen LogP contribution in [0.5, 0.6) is 0 Å². The molecule has 0 aliphatic heterocycles. The van der Waals surface area contributed by atoms with Crippen LogP contribution in [-0.2, 0) is 6.54 Å². The molecule has 14 heavy (non-hydrogen) atoms. The van der Waals surface area contributed by atoms with Gasteiger partial charge in [-0.3, -0.25) is 9.97 Å². The SMILES string of the molecule is CC(C)C(C)CNCc1cnccn1. The topological polar surface area (TPSA) is 37.8 Å². The molecule has 0 aliphatic carbocycles. The second-order valence-electron chi connectivity index (χ2n) is 4.05. The molecule has 0 spiro atoms. The molecule has 0 aromatic carbocycles. The van der Waals surface area contributed by atoms with E-state index in [0.717, 1.165) is 24.7 Å². The summed E-state index contributed by atoms with van der Waals surface area (Å²) >= 11 is 0. The summed E-state index contributed by atoms with van der Waals surface area (Å²) in [5.41, 5.74) is 1.00. The van der Waals surface area contributed by atoms with Gasteiger partial charge in [0.1, 0.15) is 0 Å². The number of hydrogen-bond acceptors (Lipinski definition) is 3. The minimum atomic E-state index is 0.701. The van der Waals surface area contributed by atoms with E-state index in [1.54, 1.807) is 18.6 Å². The van der Waals surface area contributed by atoms with Crippen molar-refractivity contribution in [2.45, 2.75) is 27.3 Å². The Hall–Kier alpha value is -0.960. The fourth-order valence-corrected chi connectivity index (χ4v) is 1.08. The van der Waals surface area contributed by atoms with Crippen molar-refractivity contribution in [1.29, 1.82) is 0 Å². The van der Waals surface area contributed by atoms with Gasteiger partial charge < -0.3 is 5.32 Å². The quantitative estimate of drug-likeness (QED) is 0.775. The van der Waals surface area contributed by atoms with Gasteiger partial charge in [-0.2, -0.15) is 0 Å². The Labute approximate surface area is 86.0 Å². The first kappa shape index (κ1) is 11.1. The molecular formula is C11H19N3. The Balaban J connectivity index is 2.22. The summed E-state index contributed by atoms with van der Waals surface area (Å²) in [6.07, 6.45) is 5.22. The van der Waals surface area contributed by atoms with E-state index in [-0.39, 0.29) is 0 Å². The smallest absolute Gasteiger partial charge is 0.0724 e. The van der Waals surface area contributed by atoms with E-state index in [1.165, 1.54) is 0 Å². The molecule has 3 nitrogen and oxygen atoms in total. The van der Waals surface area contributed by atoms with Gasteiger partial charge in [-0.05, 0) is 18.4 Å². The molecule has 1 N–H and O–H groups in total. The number of hydrogen-bond donors (Lipinski definition) is 1. The van der Waals surface area contributed by atoms with Gasteiger partial charge in [0, 0.05) is 25.1 Å². The molecule has 0 bridgehead atoms. The van der Waals surface area contributed by atoms with E-state index >= 15 is 0 Å². The molecule has 0 saturated carbocycles. The summed E-state index contributed by atoms with van der Waals surface area (Å²) in [4.78, 5) is 8.21.